The fourth-order valence-electron chi connectivity index (χ4n) is 2.56. The van der Waals surface area contributed by atoms with E-state index in [0.717, 1.165) is 11.3 Å². The Balaban J connectivity index is 1.87. The van der Waals surface area contributed by atoms with E-state index in [9.17, 15) is 4.79 Å². The summed E-state index contributed by atoms with van der Waals surface area (Å²) in [7, 11) is 2.91. The van der Waals surface area contributed by atoms with Crippen molar-refractivity contribution in [2.45, 2.75) is 6.92 Å². The fourth-order valence-corrected chi connectivity index (χ4v) is 2.71. The summed E-state index contributed by atoms with van der Waals surface area (Å²) in [5, 5.41) is 6.86. The van der Waals surface area contributed by atoms with E-state index in [1.807, 2.05) is 13.0 Å². The third kappa shape index (κ3) is 4.32. The number of anilines is 4. The third-order valence-electron chi connectivity index (χ3n) is 3.98. The molecule has 2 aromatic carbocycles. The molecular formula is C20H19ClN4O3. The van der Waals surface area contributed by atoms with Crippen molar-refractivity contribution in [1.29, 1.82) is 0 Å². The molecule has 0 saturated heterocycles. The number of esters is 1. The van der Waals surface area contributed by atoms with Crippen LogP contribution in [-0.2, 0) is 4.74 Å². The molecular weight excluding hydrogens is 380 g/mol. The van der Waals surface area contributed by atoms with Gasteiger partial charge in [-0.2, -0.15) is 4.98 Å². The lowest BCUT2D eigenvalue weighted by Crippen LogP contribution is -2.07. The van der Waals surface area contributed by atoms with E-state index < -0.39 is 5.97 Å². The number of aryl methyl sites for hydroxylation is 1. The molecule has 0 amide bonds. The highest BCUT2D eigenvalue weighted by Gasteiger charge is 2.13. The topological polar surface area (TPSA) is 85.4 Å². The zero-order chi connectivity index (χ0) is 20.1. The number of aromatic nitrogens is 2. The van der Waals surface area contributed by atoms with Crippen molar-refractivity contribution < 1.29 is 14.3 Å². The summed E-state index contributed by atoms with van der Waals surface area (Å²) in [5.74, 6) is 1.03. The smallest absolute Gasteiger partial charge is 0.339 e. The van der Waals surface area contributed by atoms with E-state index >= 15 is 0 Å². The SMILES string of the molecule is COC(=O)c1ccccc1Nc1nccc(Nc2cc(C)c(Cl)cc2OC)n1. The number of nitrogens with one attached hydrogen (secondary N) is 2. The molecule has 0 saturated carbocycles. The fraction of sp³-hybridized carbons (Fsp3) is 0.150. The van der Waals surface area contributed by atoms with Crippen LogP contribution in [0, 0.1) is 6.92 Å². The number of nitrogens with zero attached hydrogens (tertiary/aromatic N) is 2. The first-order valence-corrected chi connectivity index (χ1v) is 8.78. The van der Waals surface area contributed by atoms with Crippen molar-refractivity contribution >= 4 is 40.7 Å². The Kier molecular flexibility index (Phi) is 5.96. The lowest BCUT2D eigenvalue weighted by atomic mass is 10.2. The summed E-state index contributed by atoms with van der Waals surface area (Å²) in [4.78, 5) is 20.6. The van der Waals surface area contributed by atoms with Crippen LogP contribution in [0.15, 0.2) is 48.7 Å². The number of carbonyl (C=O) groups excluding carboxylic acids is 1. The molecule has 1 aromatic heterocycles. The van der Waals surface area contributed by atoms with Gasteiger partial charge in [-0.25, -0.2) is 9.78 Å². The average molecular weight is 399 g/mol. The second kappa shape index (κ2) is 8.58. The number of rotatable bonds is 6. The number of carbonyl (C=O) groups is 1. The Morgan fingerprint density at radius 1 is 1.07 bits per heavy atom. The molecule has 0 atom stereocenters. The Hall–Kier alpha value is -3.32. The second-order valence-electron chi connectivity index (χ2n) is 5.85. The molecule has 144 valence electrons. The van der Waals surface area contributed by atoms with Crippen LogP contribution in [0.5, 0.6) is 5.75 Å². The van der Waals surface area contributed by atoms with E-state index in [4.69, 9.17) is 21.1 Å². The molecule has 7 nitrogen and oxygen atoms in total. The minimum Gasteiger partial charge on any atom is -0.495 e. The first kappa shape index (κ1) is 19.4. The van der Waals surface area contributed by atoms with Gasteiger partial charge in [0.05, 0.1) is 31.2 Å². The molecule has 0 fully saturated rings. The summed E-state index contributed by atoms with van der Waals surface area (Å²) in [6.07, 6.45) is 1.60. The lowest BCUT2D eigenvalue weighted by Gasteiger charge is -2.14. The number of hydrogen-bond acceptors (Lipinski definition) is 7. The van der Waals surface area contributed by atoms with Crippen molar-refractivity contribution in [3.05, 3.63) is 64.8 Å². The minimum atomic E-state index is -0.446. The number of para-hydroxylation sites is 1. The van der Waals surface area contributed by atoms with Gasteiger partial charge in [-0.3, -0.25) is 0 Å². The highest BCUT2D eigenvalue weighted by molar-refractivity contribution is 6.31. The Bertz CT molecular complexity index is 1010. The Labute approximate surface area is 167 Å². The molecule has 8 heteroatoms. The van der Waals surface area contributed by atoms with Gasteiger partial charge in [0.25, 0.3) is 0 Å². The monoisotopic (exact) mass is 398 g/mol. The molecule has 0 spiro atoms. The quantitative estimate of drug-likeness (QED) is 0.581. The predicted molar refractivity (Wildman–Crippen MR) is 109 cm³/mol. The van der Waals surface area contributed by atoms with Gasteiger partial charge < -0.3 is 20.1 Å². The van der Waals surface area contributed by atoms with Gasteiger partial charge in [-0.05, 0) is 36.8 Å². The zero-order valence-electron chi connectivity index (χ0n) is 15.6. The van der Waals surface area contributed by atoms with E-state index in [0.29, 0.717) is 33.8 Å². The summed E-state index contributed by atoms with van der Waals surface area (Å²) < 4.78 is 10.2. The van der Waals surface area contributed by atoms with E-state index in [1.165, 1.54) is 7.11 Å². The normalized spacial score (nSPS) is 10.3. The summed E-state index contributed by atoms with van der Waals surface area (Å²) >= 11 is 6.15. The second-order valence-corrected chi connectivity index (χ2v) is 6.26. The van der Waals surface area contributed by atoms with E-state index in [-0.39, 0.29) is 0 Å². The third-order valence-corrected chi connectivity index (χ3v) is 4.39. The standard InChI is InChI=1S/C20H19ClN4O3/c1-12-10-16(17(27-2)11-14(12)21)23-18-8-9-22-20(25-18)24-15-7-5-4-6-13(15)19(26)28-3/h4-11H,1-3H3,(H2,22,23,24,25). The highest BCUT2D eigenvalue weighted by atomic mass is 35.5. The maximum Gasteiger partial charge on any atom is 0.339 e. The van der Waals surface area contributed by atoms with Crippen LogP contribution in [0.2, 0.25) is 5.02 Å². The van der Waals surface area contributed by atoms with Gasteiger partial charge in [0, 0.05) is 17.3 Å². The first-order chi connectivity index (χ1) is 13.5. The number of methoxy groups -OCH3 is 2. The van der Waals surface area contributed by atoms with E-state index in [1.54, 1.807) is 49.7 Å². The molecule has 3 rings (SSSR count). The maximum absolute atomic E-state index is 11.9. The molecule has 0 bridgehead atoms. The van der Waals surface area contributed by atoms with Crippen LogP contribution in [0.4, 0.5) is 23.1 Å². The molecule has 28 heavy (non-hydrogen) atoms. The molecule has 0 unspecified atom stereocenters. The van der Waals surface area contributed by atoms with Gasteiger partial charge in [-0.15, -0.1) is 0 Å². The Morgan fingerprint density at radius 3 is 2.61 bits per heavy atom. The summed E-state index contributed by atoms with van der Waals surface area (Å²) in [6.45, 7) is 1.91. The van der Waals surface area contributed by atoms with E-state index in [2.05, 4.69) is 20.6 Å². The van der Waals surface area contributed by atoms with Crippen LogP contribution in [0.1, 0.15) is 15.9 Å². The molecule has 1 heterocycles. The molecule has 0 aliphatic heterocycles. The van der Waals surface area contributed by atoms with Crippen molar-refractivity contribution in [1.82, 2.24) is 9.97 Å². The number of ether oxygens (including phenoxy) is 2. The summed E-state index contributed by atoms with van der Waals surface area (Å²) in [6, 6.07) is 12.3. The molecule has 0 aliphatic carbocycles. The zero-order valence-corrected chi connectivity index (χ0v) is 16.4. The Morgan fingerprint density at radius 2 is 1.86 bits per heavy atom. The van der Waals surface area contributed by atoms with Gasteiger partial charge in [0.15, 0.2) is 0 Å². The first-order valence-electron chi connectivity index (χ1n) is 8.40. The van der Waals surface area contributed by atoms with Gasteiger partial charge in [-0.1, -0.05) is 23.7 Å². The van der Waals surface area contributed by atoms with Crippen LogP contribution < -0.4 is 15.4 Å². The lowest BCUT2D eigenvalue weighted by molar-refractivity contribution is 0.0602. The number of benzene rings is 2. The largest absolute Gasteiger partial charge is 0.495 e. The van der Waals surface area contributed by atoms with Crippen molar-refractivity contribution in [3.8, 4) is 5.75 Å². The van der Waals surface area contributed by atoms with Crippen LogP contribution in [0.25, 0.3) is 0 Å². The highest BCUT2D eigenvalue weighted by Crippen LogP contribution is 2.32. The van der Waals surface area contributed by atoms with Crippen LogP contribution >= 0.6 is 11.6 Å². The molecule has 3 aromatic rings. The predicted octanol–water partition coefficient (Wildman–Crippen LogP) is 4.72. The van der Waals surface area contributed by atoms with Gasteiger partial charge in [0.2, 0.25) is 5.95 Å². The molecule has 2 N–H and O–H groups in total. The van der Waals surface area contributed by atoms with Crippen molar-refractivity contribution in [2.24, 2.45) is 0 Å². The minimum absolute atomic E-state index is 0.325. The van der Waals surface area contributed by atoms with Crippen molar-refractivity contribution in [2.75, 3.05) is 24.9 Å². The molecule has 0 radical (unpaired) electrons. The maximum atomic E-state index is 11.9. The average Bonchev–Trinajstić information content (AvgIpc) is 2.70. The number of hydrogen-bond donors (Lipinski definition) is 2. The van der Waals surface area contributed by atoms with Crippen LogP contribution in [-0.4, -0.2) is 30.2 Å². The van der Waals surface area contributed by atoms with Crippen LogP contribution in [0.3, 0.4) is 0 Å². The van der Waals surface area contributed by atoms with Crippen molar-refractivity contribution in [3.63, 3.8) is 0 Å². The summed E-state index contributed by atoms with van der Waals surface area (Å²) in [5.41, 5.74) is 2.57. The molecule has 0 aliphatic rings. The van der Waals surface area contributed by atoms with Gasteiger partial charge >= 0.3 is 5.97 Å². The number of halogens is 1. The van der Waals surface area contributed by atoms with Gasteiger partial charge in [0.1, 0.15) is 11.6 Å².